The van der Waals surface area contributed by atoms with E-state index in [0.29, 0.717) is 36.3 Å². The Balaban J connectivity index is 1.87. The van der Waals surface area contributed by atoms with Gasteiger partial charge in [-0.25, -0.2) is 9.48 Å². The Morgan fingerprint density at radius 1 is 1.20 bits per heavy atom. The van der Waals surface area contributed by atoms with Crippen LogP contribution in [0.1, 0.15) is 40.6 Å². The summed E-state index contributed by atoms with van der Waals surface area (Å²) >= 11 is 0. The minimum absolute atomic E-state index is 0.0110. The van der Waals surface area contributed by atoms with Gasteiger partial charge in [0.2, 0.25) is 0 Å². The normalized spacial score (nSPS) is 11.0. The Morgan fingerprint density at radius 3 is 2.60 bits per heavy atom. The molecule has 0 radical (unpaired) electrons. The highest BCUT2D eigenvalue weighted by atomic mass is 16.5. The van der Waals surface area contributed by atoms with Crippen molar-refractivity contribution in [3.63, 3.8) is 0 Å². The van der Waals surface area contributed by atoms with E-state index in [-0.39, 0.29) is 18.9 Å². The predicted molar refractivity (Wildman–Crippen MR) is 114 cm³/mol. The van der Waals surface area contributed by atoms with Gasteiger partial charge in [-0.15, -0.1) is 11.7 Å². The first-order valence-corrected chi connectivity index (χ1v) is 9.91. The number of aromatic amines is 1. The summed E-state index contributed by atoms with van der Waals surface area (Å²) in [6.45, 7) is 10.4. The van der Waals surface area contributed by atoms with Crippen LogP contribution < -0.4 is 11.2 Å². The summed E-state index contributed by atoms with van der Waals surface area (Å²) in [6.07, 6.45) is 4.49. The highest BCUT2D eigenvalue weighted by Gasteiger charge is 2.15. The van der Waals surface area contributed by atoms with Crippen LogP contribution in [0.15, 0.2) is 46.6 Å². The van der Waals surface area contributed by atoms with Gasteiger partial charge in [-0.1, -0.05) is 47.5 Å². The monoisotopic (exact) mass is 409 g/mol. The van der Waals surface area contributed by atoms with E-state index in [0.717, 1.165) is 16.7 Å². The molecular weight excluding hydrogens is 382 g/mol. The summed E-state index contributed by atoms with van der Waals surface area (Å²) in [7, 11) is 0. The van der Waals surface area contributed by atoms with Gasteiger partial charge in [0.25, 0.3) is 5.56 Å². The van der Waals surface area contributed by atoms with Crippen molar-refractivity contribution in [1.82, 2.24) is 24.5 Å². The number of nitrogens with zero attached hydrogens (tertiary/aromatic N) is 4. The van der Waals surface area contributed by atoms with Gasteiger partial charge in [0.05, 0.1) is 19.3 Å². The van der Waals surface area contributed by atoms with Crippen LogP contribution in [0.3, 0.4) is 0 Å². The van der Waals surface area contributed by atoms with Gasteiger partial charge in [-0.05, 0) is 25.8 Å². The molecular formula is C22H27N5O3. The topological polar surface area (TPSA) is 94.8 Å². The van der Waals surface area contributed by atoms with Crippen molar-refractivity contribution in [3.8, 4) is 0 Å². The third kappa shape index (κ3) is 5.01. The second-order valence-corrected chi connectivity index (χ2v) is 7.34. The number of hydrogen-bond acceptors (Lipinski definition) is 5. The third-order valence-electron chi connectivity index (χ3n) is 4.79. The van der Waals surface area contributed by atoms with Crippen LogP contribution >= 0.6 is 0 Å². The fourth-order valence-corrected chi connectivity index (χ4v) is 3.59. The van der Waals surface area contributed by atoms with E-state index in [1.807, 2.05) is 20.8 Å². The number of H-pyrrole nitrogens is 1. The predicted octanol–water partition coefficient (Wildman–Crippen LogP) is 2.26. The highest BCUT2D eigenvalue weighted by Crippen LogP contribution is 2.15. The molecule has 0 bridgehead atoms. The van der Waals surface area contributed by atoms with Crippen molar-refractivity contribution in [2.45, 2.75) is 53.5 Å². The fourth-order valence-electron chi connectivity index (χ4n) is 3.59. The Hall–Kier alpha value is -3.26. The van der Waals surface area contributed by atoms with Gasteiger partial charge >= 0.3 is 5.69 Å². The lowest BCUT2D eigenvalue weighted by Gasteiger charge is -2.16. The van der Waals surface area contributed by atoms with Gasteiger partial charge in [0.1, 0.15) is 12.4 Å². The summed E-state index contributed by atoms with van der Waals surface area (Å²) in [5.74, 6) is 0. The van der Waals surface area contributed by atoms with E-state index < -0.39 is 5.69 Å². The molecule has 0 aliphatic carbocycles. The van der Waals surface area contributed by atoms with Crippen LogP contribution in [0.25, 0.3) is 0 Å². The van der Waals surface area contributed by atoms with Crippen molar-refractivity contribution < 1.29 is 4.74 Å². The molecule has 30 heavy (non-hydrogen) atoms. The zero-order valence-corrected chi connectivity index (χ0v) is 17.6. The zero-order chi connectivity index (χ0) is 21.7. The van der Waals surface area contributed by atoms with Crippen LogP contribution in [0.2, 0.25) is 0 Å². The first kappa shape index (κ1) is 21.4. The van der Waals surface area contributed by atoms with Crippen LogP contribution in [-0.4, -0.2) is 24.5 Å². The highest BCUT2D eigenvalue weighted by molar-refractivity contribution is 5.33. The van der Waals surface area contributed by atoms with E-state index in [4.69, 9.17) is 4.74 Å². The molecule has 0 unspecified atom stereocenters. The summed E-state index contributed by atoms with van der Waals surface area (Å²) < 4.78 is 8.89. The maximum absolute atomic E-state index is 12.6. The second kappa shape index (κ2) is 9.49. The Kier molecular flexibility index (Phi) is 6.79. The number of nitrogens with one attached hydrogen (secondary N) is 1. The minimum atomic E-state index is -0.480. The SMILES string of the molecule is C=CCn1cc(COCn2c(Cc3cc(C)cc(C)c3)c(CC)c(=O)[nH]c2=O)nn1. The minimum Gasteiger partial charge on any atom is -0.354 e. The number of hydrogen-bond donors (Lipinski definition) is 1. The third-order valence-corrected chi connectivity index (χ3v) is 4.79. The van der Waals surface area contributed by atoms with Crippen molar-refractivity contribution in [2.24, 2.45) is 0 Å². The van der Waals surface area contributed by atoms with Crippen LogP contribution in [0, 0.1) is 13.8 Å². The van der Waals surface area contributed by atoms with Gasteiger partial charge in [0, 0.05) is 17.7 Å². The molecule has 0 spiro atoms. The number of aryl methyl sites for hydroxylation is 2. The fraction of sp³-hybridized carbons (Fsp3) is 0.364. The first-order chi connectivity index (χ1) is 14.4. The summed E-state index contributed by atoms with van der Waals surface area (Å²) in [5.41, 5.74) is 4.42. The number of benzene rings is 1. The molecule has 0 fully saturated rings. The van der Waals surface area contributed by atoms with Crippen LogP contribution in [0.5, 0.6) is 0 Å². The molecule has 1 aromatic carbocycles. The molecule has 0 saturated heterocycles. The molecule has 1 N–H and O–H groups in total. The van der Waals surface area contributed by atoms with Crippen molar-refractivity contribution >= 4 is 0 Å². The average molecular weight is 409 g/mol. The van der Waals surface area contributed by atoms with Crippen molar-refractivity contribution in [3.05, 3.63) is 91.5 Å². The van der Waals surface area contributed by atoms with E-state index >= 15 is 0 Å². The quantitative estimate of drug-likeness (QED) is 0.547. The standard InChI is InChI=1S/C22H27N5O3/c1-5-7-26-12-18(24-25-26)13-30-14-27-20(19(6-2)21(28)23-22(27)29)11-17-9-15(3)8-16(4)10-17/h5,8-10,12H,1,6-7,11,13-14H2,2-4H3,(H,23,28,29). The Bertz CT molecular complexity index is 1140. The van der Waals surface area contributed by atoms with E-state index in [1.165, 1.54) is 4.57 Å². The van der Waals surface area contributed by atoms with E-state index in [2.05, 4.69) is 40.1 Å². The Morgan fingerprint density at radius 2 is 1.93 bits per heavy atom. The largest absolute Gasteiger partial charge is 0.354 e. The van der Waals surface area contributed by atoms with Crippen LogP contribution in [-0.2, 0) is 37.5 Å². The lowest BCUT2D eigenvalue weighted by Crippen LogP contribution is -2.36. The van der Waals surface area contributed by atoms with Gasteiger partial charge in [-0.2, -0.15) is 0 Å². The van der Waals surface area contributed by atoms with Gasteiger partial charge in [-0.3, -0.25) is 14.3 Å². The average Bonchev–Trinajstić information content (AvgIpc) is 3.11. The summed E-state index contributed by atoms with van der Waals surface area (Å²) in [4.78, 5) is 27.4. The molecule has 0 aliphatic rings. The number of rotatable bonds is 9. The molecule has 0 aliphatic heterocycles. The smallest absolute Gasteiger partial charge is 0.330 e. The number of allylic oxidation sites excluding steroid dienone is 1. The van der Waals surface area contributed by atoms with Gasteiger partial charge in [0.15, 0.2) is 0 Å². The van der Waals surface area contributed by atoms with Crippen LogP contribution in [0.4, 0.5) is 0 Å². The lowest BCUT2D eigenvalue weighted by molar-refractivity contribution is 0.0568. The lowest BCUT2D eigenvalue weighted by atomic mass is 10.0. The van der Waals surface area contributed by atoms with Gasteiger partial charge < -0.3 is 4.74 Å². The maximum Gasteiger partial charge on any atom is 0.330 e. The molecule has 0 atom stereocenters. The summed E-state index contributed by atoms with van der Waals surface area (Å²) in [5, 5.41) is 8.02. The molecule has 2 heterocycles. The van der Waals surface area contributed by atoms with Crippen molar-refractivity contribution in [2.75, 3.05) is 0 Å². The molecule has 158 valence electrons. The molecule has 2 aromatic heterocycles. The zero-order valence-electron chi connectivity index (χ0n) is 17.6. The van der Waals surface area contributed by atoms with E-state index in [1.54, 1.807) is 17.0 Å². The summed E-state index contributed by atoms with van der Waals surface area (Å²) in [6, 6.07) is 6.24. The molecule has 8 heteroatoms. The molecule has 8 nitrogen and oxygen atoms in total. The molecule has 3 rings (SSSR count). The molecule has 0 saturated carbocycles. The molecule has 3 aromatic rings. The number of aromatic nitrogens is 5. The first-order valence-electron chi connectivity index (χ1n) is 9.91. The second-order valence-electron chi connectivity index (χ2n) is 7.34. The Labute approximate surface area is 174 Å². The maximum atomic E-state index is 12.6. The van der Waals surface area contributed by atoms with E-state index in [9.17, 15) is 9.59 Å². The number of ether oxygens (including phenoxy) is 1. The van der Waals surface area contributed by atoms with Crippen molar-refractivity contribution in [1.29, 1.82) is 0 Å². The molecule has 0 amide bonds.